The quantitative estimate of drug-likeness (QED) is 0.639. The van der Waals surface area contributed by atoms with Crippen LogP contribution < -0.4 is 0 Å². The van der Waals surface area contributed by atoms with Crippen molar-refractivity contribution in [1.82, 2.24) is 0 Å². The van der Waals surface area contributed by atoms with E-state index in [0.717, 1.165) is 5.56 Å². The lowest BCUT2D eigenvalue weighted by molar-refractivity contribution is -0.130. The number of carbonyl (C=O) groups is 1. The van der Waals surface area contributed by atoms with Crippen LogP contribution in [0.3, 0.4) is 0 Å². The third-order valence-electron chi connectivity index (χ3n) is 3.03. The molecule has 1 heterocycles. The van der Waals surface area contributed by atoms with E-state index in [4.69, 9.17) is 4.74 Å². The molecule has 108 valence electrons. The van der Waals surface area contributed by atoms with Crippen LogP contribution in [0.1, 0.15) is 11.1 Å². The highest BCUT2D eigenvalue weighted by Gasteiger charge is 2.23. The van der Waals surface area contributed by atoms with Crippen LogP contribution in [0.2, 0.25) is 0 Å². The maximum atomic E-state index is 13.2. The van der Waals surface area contributed by atoms with Crippen molar-refractivity contribution < 1.29 is 13.9 Å². The number of hydrogen-bond donors (Lipinski definition) is 0. The van der Waals surface area contributed by atoms with Crippen molar-refractivity contribution in [1.29, 1.82) is 0 Å². The second-order valence-electron chi connectivity index (χ2n) is 4.64. The monoisotopic (exact) mass is 293 g/mol. The number of hydrogen-bond acceptors (Lipinski definition) is 3. The van der Waals surface area contributed by atoms with E-state index in [1.807, 2.05) is 36.4 Å². The van der Waals surface area contributed by atoms with Crippen molar-refractivity contribution in [3.63, 3.8) is 0 Å². The maximum absolute atomic E-state index is 13.2. The molecule has 0 amide bonds. The molecule has 3 nitrogen and oxygen atoms in total. The highest BCUT2D eigenvalue weighted by molar-refractivity contribution is 6.11. The third-order valence-corrected chi connectivity index (χ3v) is 3.03. The van der Waals surface area contributed by atoms with Crippen molar-refractivity contribution in [2.24, 2.45) is 4.99 Å². The normalized spacial score (nSPS) is 16.1. The lowest BCUT2D eigenvalue weighted by atomic mass is 10.2. The molecule has 0 saturated carbocycles. The Hall–Kier alpha value is -3.01. The summed E-state index contributed by atoms with van der Waals surface area (Å²) < 4.78 is 18.2. The zero-order valence-corrected chi connectivity index (χ0v) is 11.6. The largest absolute Gasteiger partial charge is 0.402 e. The van der Waals surface area contributed by atoms with E-state index in [1.54, 1.807) is 18.2 Å². The van der Waals surface area contributed by atoms with Gasteiger partial charge in [-0.05, 0) is 29.8 Å². The van der Waals surface area contributed by atoms with Crippen molar-refractivity contribution >= 4 is 17.9 Å². The van der Waals surface area contributed by atoms with E-state index in [2.05, 4.69) is 4.99 Å². The van der Waals surface area contributed by atoms with Gasteiger partial charge in [-0.15, -0.1) is 0 Å². The van der Waals surface area contributed by atoms with Gasteiger partial charge >= 0.3 is 5.97 Å². The van der Waals surface area contributed by atoms with Gasteiger partial charge in [0.25, 0.3) is 0 Å². The van der Waals surface area contributed by atoms with Crippen LogP contribution in [0, 0.1) is 5.82 Å². The molecule has 0 aliphatic carbocycles. The summed E-state index contributed by atoms with van der Waals surface area (Å²) >= 11 is 0. The van der Waals surface area contributed by atoms with E-state index in [9.17, 15) is 9.18 Å². The fourth-order valence-electron chi connectivity index (χ4n) is 1.98. The van der Waals surface area contributed by atoms with Crippen LogP contribution in [0.15, 0.2) is 77.4 Å². The van der Waals surface area contributed by atoms with E-state index < -0.39 is 11.8 Å². The minimum Gasteiger partial charge on any atom is -0.402 e. The van der Waals surface area contributed by atoms with E-state index >= 15 is 0 Å². The van der Waals surface area contributed by atoms with Gasteiger partial charge in [-0.25, -0.2) is 14.2 Å². The van der Waals surface area contributed by atoms with Crippen LogP contribution >= 0.6 is 0 Å². The summed E-state index contributed by atoms with van der Waals surface area (Å²) in [5.74, 6) is -0.835. The highest BCUT2D eigenvalue weighted by atomic mass is 19.1. The highest BCUT2D eigenvalue weighted by Crippen LogP contribution is 2.17. The van der Waals surface area contributed by atoms with E-state index in [-0.39, 0.29) is 11.6 Å². The second kappa shape index (κ2) is 6.18. The van der Waals surface area contributed by atoms with Crippen molar-refractivity contribution in [3.8, 4) is 0 Å². The number of ether oxygens (including phenoxy) is 1. The SMILES string of the molecule is O=C1OC(c2cccc(F)c2)=NC1=CC=Cc1ccccc1. The van der Waals surface area contributed by atoms with Crippen LogP contribution in [0.5, 0.6) is 0 Å². The molecule has 0 unspecified atom stereocenters. The number of benzene rings is 2. The molecule has 2 aromatic carbocycles. The first-order valence-electron chi connectivity index (χ1n) is 6.72. The fraction of sp³-hybridized carbons (Fsp3) is 0. The lowest BCUT2D eigenvalue weighted by Gasteiger charge is -1.98. The molecule has 2 aromatic rings. The first kappa shape index (κ1) is 13.9. The zero-order valence-electron chi connectivity index (χ0n) is 11.6. The first-order valence-corrected chi connectivity index (χ1v) is 6.72. The number of esters is 1. The summed E-state index contributed by atoms with van der Waals surface area (Å²) in [7, 11) is 0. The smallest absolute Gasteiger partial charge is 0.363 e. The van der Waals surface area contributed by atoms with Crippen LogP contribution in [0.4, 0.5) is 4.39 Å². The molecule has 0 fully saturated rings. The van der Waals surface area contributed by atoms with Gasteiger partial charge in [0.05, 0.1) is 0 Å². The molecule has 0 radical (unpaired) electrons. The molecule has 0 bridgehead atoms. The zero-order chi connectivity index (χ0) is 15.4. The number of carbonyl (C=O) groups excluding carboxylic acids is 1. The number of nitrogens with zero attached hydrogens (tertiary/aromatic N) is 1. The summed E-state index contributed by atoms with van der Waals surface area (Å²) in [5, 5.41) is 0. The van der Waals surface area contributed by atoms with Crippen LogP contribution in [-0.2, 0) is 9.53 Å². The Kier molecular flexibility index (Phi) is 3.92. The van der Waals surface area contributed by atoms with Gasteiger partial charge in [-0.3, -0.25) is 0 Å². The Morgan fingerprint density at radius 3 is 2.64 bits per heavy atom. The molecule has 1 aliphatic rings. The Labute approximate surface area is 127 Å². The summed E-state index contributed by atoms with van der Waals surface area (Å²) in [4.78, 5) is 15.9. The van der Waals surface area contributed by atoms with Crippen LogP contribution in [-0.4, -0.2) is 11.9 Å². The van der Waals surface area contributed by atoms with Gasteiger partial charge in [0.2, 0.25) is 5.90 Å². The third kappa shape index (κ3) is 3.17. The van der Waals surface area contributed by atoms with Crippen molar-refractivity contribution in [2.75, 3.05) is 0 Å². The predicted molar refractivity (Wildman–Crippen MR) is 82.6 cm³/mol. The van der Waals surface area contributed by atoms with Gasteiger partial charge in [0.15, 0.2) is 5.70 Å². The number of cyclic esters (lactones) is 1. The van der Waals surface area contributed by atoms with E-state index in [0.29, 0.717) is 5.56 Å². The fourth-order valence-corrected chi connectivity index (χ4v) is 1.98. The van der Waals surface area contributed by atoms with Gasteiger partial charge in [0.1, 0.15) is 5.82 Å². The average molecular weight is 293 g/mol. The molecular formula is C18H12FNO2. The van der Waals surface area contributed by atoms with Crippen molar-refractivity contribution in [3.05, 3.63) is 89.4 Å². The molecule has 3 rings (SSSR count). The Balaban J connectivity index is 1.81. The molecule has 4 heteroatoms. The Bertz CT molecular complexity index is 792. The van der Waals surface area contributed by atoms with E-state index in [1.165, 1.54) is 18.2 Å². The molecule has 0 atom stereocenters. The molecule has 0 saturated heterocycles. The molecule has 22 heavy (non-hydrogen) atoms. The summed E-state index contributed by atoms with van der Waals surface area (Å²) in [6.45, 7) is 0. The molecular weight excluding hydrogens is 281 g/mol. The van der Waals surface area contributed by atoms with Crippen LogP contribution in [0.25, 0.3) is 6.08 Å². The minimum absolute atomic E-state index is 0.115. The van der Waals surface area contributed by atoms with Gasteiger partial charge in [-0.1, -0.05) is 48.6 Å². The molecule has 0 aromatic heterocycles. The average Bonchev–Trinajstić information content (AvgIpc) is 2.90. The summed E-state index contributed by atoms with van der Waals surface area (Å²) in [6, 6.07) is 15.4. The first-order chi connectivity index (χ1) is 10.7. The summed E-state index contributed by atoms with van der Waals surface area (Å²) in [5.41, 5.74) is 1.63. The lowest BCUT2D eigenvalue weighted by Crippen LogP contribution is -2.05. The number of halogens is 1. The second-order valence-corrected chi connectivity index (χ2v) is 4.64. The number of allylic oxidation sites excluding steroid dienone is 2. The minimum atomic E-state index is -0.544. The van der Waals surface area contributed by atoms with Gasteiger partial charge in [0, 0.05) is 5.56 Å². The topological polar surface area (TPSA) is 38.7 Å². The van der Waals surface area contributed by atoms with Gasteiger partial charge < -0.3 is 4.74 Å². The maximum Gasteiger partial charge on any atom is 0.363 e. The predicted octanol–water partition coefficient (Wildman–Crippen LogP) is 3.73. The Morgan fingerprint density at radius 1 is 1.05 bits per heavy atom. The molecule has 0 spiro atoms. The summed E-state index contributed by atoms with van der Waals surface area (Å²) in [6.07, 6.45) is 5.15. The number of aliphatic imine (C=N–C) groups is 1. The Morgan fingerprint density at radius 2 is 1.86 bits per heavy atom. The number of rotatable bonds is 3. The van der Waals surface area contributed by atoms with Crippen molar-refractivity contribution in [2.45, 2.75) is 0 Å². The standard InChI is InChI=1S/C18H12FNO2/c19-15-10-5-9-14(12-15)17-20-16(18(21)22-17)11-4-8-13-6-2-1-3-7-13/h1-12H. The molecule has 0 N–H and O–H groups in total. The molecule has 1 aliphatic heterocycles. The van der Waals surface area contributed by atoms with Gasteiger partial charge in [-0.2, -0.15) is 0 Å².